The molecule has 2 N–H and O–H groups in total. The highest BCUT2D eigenvalue weighted by atomic mass is 19.1. The normalized spacial score (nSPS) is 21.2. The molecule has 6 heteroatoms. The van der Waals surface area contributed by atoms with Crippen molar-refractivity contribution in [1.82, 2.24) is 20.4 Å². The van der Waals surface area contributed by atoms with Crippen LogP contribution in [0.15, 0.2) is 30.5 Å². The van der Waals surface area contributed by atoms with E-state index in [0.29, 0.717) is 16.9 Å². The van der Waals surface area contributed by atoms with Crippen LogP contribution in [-0.4, -0.2) is 34.3 Å². The third-order valence-corrected chi connectivity index (χ3v) is 4.41. The summed E-state index contributed by atoms with van der Waals surface area (Å²) < 4.78 is 15.4. The number of nitrogens with one attached hydrogen (secondary N) is 2. The minimum Gasteiger partial charge on any atom is -0.348 e. The molecular formula is C17H21FN4O. The number of nitrogens with zero attached hydrogens (tertiary/aromatic N) is 2. The number of amides is 1. The molecule has 2 heterocycles. The Labute approximate surface area is 134 Å². The number of piperidine rings is 1. The lowest BCUT2D eigenvalue weighted by Gasteiger charge is -2.30. The van der Waals surface area contributed by atoms with Crippen molar-refractivity contribution in [1.29, 1.82) is 0 Å². The average molecular weight is 316 g/mol. The molecule has 2 atom stereocenters. The van der Waals surface area contributed by atoms with Crippen LogP contribution < -0.4 is 10.6 Å². The Kier molecular flexibility index (Phi) is 4.43. The maximum Gasteiger partial charge on any atom is 0.255 e. The summed E-state index contributed by atoms with van der Waals surface area (Å²) in [6.45, 7) is 4.83. The van der Waals surface area contributed by atoms with E-state index in [0.717, 1.165) is 19.4 Å². The molecular weight excluding hydrogens is 295 g/mol. The van der Waals surface area contributed by atoms with Crippen molar-refractivity contribution in [2.24, 2.45) is 0 Å². The lowest BCUT2D eigenvalue weighted by Crippen LogP contribution is -2.51. The molecule has 1 aromatic heterocycles. The molecule has 0 spiro atoms. The first-order chi connectivity index (χ1) is 11.1. The van der Waals surface area contributed by atoms with Crippen molar-refractivity contribution in [3.8, 4) is 5.69 Å². The van der Waals surface area contributed by atoms with Gasteiger partial charge in [0.2, 0.25) is 0 Å². The zero-order valence-corrected chi connectivity index (χ0v) is 13.3. The van der Waals surface area contributed by atoms with E-state index < -0.39 is 0 Å². The van der Waals surface area contributed by atoms with Crippen LogP contribution in [0.4, 0.5) is 4.39 Å². The lowest BCUT2D eigenvalue weighted by atomic mass is 9.99. The van der Waals surface area contributed by atoms with Gasteiger partial charge in [0.05, 0.1) is 17.5 Å². The molecule has 1 amide bonds. The first kappa shape index (κ1) is 15.7. The predicted octanol–water partition coefficient (Wildman–Crippen LogP) is 2.19. The maximum atomic E-state index is 13.9. The first-order valence-corrected chi connectivity index (χ1v) is 7.91. The maximum absolute atomic E-state index is 13.9. The van der Waals surface area contributed by atoms with E-state index in [1.54, 1.807) is 25.1 Å². The average Bonchev–Trinajstić information content (AvgIpc) is 2.92. The van der Waals surface area contributed by atoms with E-state index in [1.165, 1.54) is 16.9 Å². The summed E-state index contributed by atoms with van der Waals surface area (Å²) in [5.41, 5.74) is 1.45. The van der Waals surface area contributed by atoms with E-state index in [2.05, 4.69) is 22.7 Å². The van der Waals surface area contributed by atoms with Crippen molar-refractivity contribution >= 4 is 5.91 Å². The second kappa shape index (κ2) is 6.50. The molecule has 1 saturated heterocycles. The molecule has 1 fully saturated rings. The number of rotatable bonds is 3. The zero-order valence-electron chi connectivity index (χ0n) is 13.3. The summed E-state index contributed by atoms with van der Waals surface area (Å²) in [6.07, 6.45) is 3.50. The monoisotopic (exact) mass is 316 g/mol. The third kappa shape index (κ3) is 3.12. The molecule has 5 nitrogen and oxygen atoms in total. The fourth-order valence-corrected chi connectivity index (χ4v) is 2.99. The van der Waals surface area contributed by atoms with Gasteiger partial charge < -0.3 is 10.6 Å². The van der Waals surface area contributed by atoms with Crippen molar-refractivity contribution in [2.45, 2.75) is 38.8 Å². The van der Waals surface area contributed by atoms with Crippen LogP contribution in [0.3, 0.4) is 0 Å². The van der Waals surface area contributed by atoms with Crippen LogP contribution in [0.2, 0.25) is 0 Å². The second-order valence-electron chi connectivity index (χ2n) is 5.97. The Morgan fingerprint density at radius 3 is 2.96 bits per heavy atom. The summed E-state index contributed by atoms with van der Waals surface area (Å²) in [4.78, 5) is 12.5. The van der Waals surface area contributed by atoms with Gasteiger partial charge in [0.15, 0.2) is 0 Å². The SMILES string of the molecule is Cc1c(C(=O)NC2CCCNC2C)cnn1-c1ccccc1F. The number of carbonyl (C=O) groups excluding carboxylic acids is 1. The third-order valence-electron chi connectivity index (χ3n) is 4.41. The molecule has 2 aromatic rings. The molecule has 1 aromatic carbocycles. The Bertz CT molecular complexity index is 712. The minimum absolute atomic E-state index is 0.104. The van der Waals surface area contributed by atoms with Crippen LogP contribution in [0.1, 0.15) is 35.8 Å². The fraction of sp³-hybridized carbons (Fsp3) is 0.412. The number of aromatic nitrogens is 2. The second-order valence-corrected chi connectivity index (χ2v) is 5.97. The van der Waals surface area contributed by atoms with Gasteiger partial charge >= 0.3 is 0 Å². The summed E-state index contributed by atoms with van der Waals surface area (Å²) in [5.74, 6) is -0.526. The number of hydrogen-bond acceptors (Lipinski definition) is 3. The highest BCUT2D eigenvalue weighted by Gasteiger charge is 2.24. The van der Waals surface area contributed by atoms with Gasteiger partial charge in [-0.05, 0) is 45.4 Å². The van der Waals surface area contributed by atoms with E-state index in [9.17, 15) is 9.18 Å². The number of para-hydroxylation sites is 1. The van der Waals surface area contributed by atoms with Crippen LogP contribution in [0.5, 0.6) is 0 Å². The number of hydrogen-bond donors (Lipinski definition) is 2. The van der Waals surface area contributed by atoms with E-state index in [-0.39, 0.29) is 23.8 Å². The van der Waals surface area contributed by atoms with Crippen molar-refractivity contribution in [3.63, 3.8) is 0 Å². The van der Waals surface area contributed by atoms with E-state index >= 15 is 0 Å². The number of benzene rings is 1. The topological polar surface area (TPSA) is 59.0 Å². The van der Waals surface area contributed by atoms with Gasteiger partial charge in [0, 0.05) is 12.1 Å². The Morgan fingerprint density at radius 2 is 2.22 bits per heavy atom. The highest BCUT2D eigenvalue weighted by molar-refractivity contribution is 5.95. The zero-order chi connectivity index (χ0) is 16.4. The van der Waals surface area contributed by atoms with Crippen molar-refractivity contribution in [2.75, 3.05) is 6.54 Å². The van der Waals surface area contributed by atoms with Crippen LogP contribution in [-0.2, 0) is 0 Å². The molecule has 0 saturated carbocycles. The van der Waals surface area contributed by atoms with Crippen LogP contribution in [0.25, 0.3) is 5.69 Å². The molecule has 1 aliphatic heterocycles. The number of halogens is 1. The lowest BCUT2D eigenvalue weighted by molar-refractivity contribution is 0.0919. The highest BCUT2D eigenvalue weighted by Crippen LogP contribution is 2.17. The smallest absolute Gasteiger partial charge is 0.255 e. The molecule has 0 aliphatic carbocycles. The summed E-state index contributed by atoms with van der Waals surface area (Å²) >= 11 is 0. The Morgan fingerprint density at radius 1 is 1.43 bits per heavy atom. The largest absolute Gasteiger partial charge is 0.348 e. The fourth-order valence-electron chi connectivity index (χ4n) is 2.99. The Balaban J connectivity index is 1.81. The number of carbonyl (C=O) groups is 1. The van der Waals surface area contributed by atoms with Gasteiger partial charge in [-0.3, -0.25) is 4.79 Å². The molecule has 2 unspecified atom stereocenters. The molecule has 3 rings (SSSR count). The van der Waals surface area contributed by atoms with Gasteiger partial charge in [0.25, 0.3) is 5.91 Å². The first-order valence-electron chi connectivity index (χ1n) is 7.91. The molecule has 0 bridgehead atoms. The van der Waals surface area contributed by atoms with Crippen molar-refractivity contribution < 1.29 is 9.18 Å². The standard InChI is InChI=1S/C17H21FN4O/c1-11-15(7-5-9-19-11)21-17(23)13-10-20-22(12(13)2)16-8-4-3-6-14(16)18/h3-4,6,8,10-11,15,19H,5,7,9H2,1-2H3,(H,21,23). The van der Waals surface area contributed by atoms with Gasteiger partial charge in [-0.1, -0.05) is 12.1 Å². The van der Waals surface area contributed by atoms with Crippen molar-refractivity contribution in [3.05, 3.63) is 47.5 Å². The molecule has 1 aliphatic rings. The molecule has 23 heavy (non-hydrogen) atoms. The van der Waals surface area contributed by atoms with E-state index in [4.69, 9.17) is 0 Å². The molecule has 122 valence electrons. The van der Waals surface area contributed by atoms with Gasteiger partial charge in [-0.15, -0.1) is 0 Å². The van der Waals surface area contributed by atoms with E-state index in [1.807, 2.05) is 0 Å². The summed E-state index contributed by atoms with van der Waals surface area (Å²) in [7, 11) is 0. The predicted molar refractivity (Wildman–Crippen MR) is 86.2 cm³/mol. The minimum atomic E-state index is -0.365. The molecule has 0 radical (unpaired) electrons. The summed E-state index contributed by atoms with van der Waals surface area (Å²) in [6, 6.07) is 6.75. The van der Waals surface area contributed by atoms with Gasteiger partial charge in [-0.25, -0.2) is 9.07 Å². The van der Waals surface area contributed by atoms with Crippen LogP contribution >= 0.6 is 0 Å². The van der Waals surface area contributed by atoms with Gasteiger partial charge in [0.1, 0.15) is 11.5 Å². The quantitative estimate of drug-likeness (QED) is 0.912. The van der Waals surface area contributed by atoms with Crippen LogP contribution in [0, 0.1) is 12.7 Å². The Hall–Kier alpha value is -2.21. The summed E-state index contributed by atoms with van der Waals surface area (Å²) in [5, 5.41) is 10.6. The van der Waals surface area contributed by atoms with Gasteiger partial charge in [-0.2, -0.15) is 5.10 Å².